The van der Waals surface area contributed by atoms with Crippen LogP contribution in [-0.4, -0.2) is 34.3 Å². The van der Waals surface area contributed by atoms with Gasteiger partial charge in [0.05, 0.1) is 7.11 Å². The molecular formula is C11H17N3O2S. The minimum Gasteiger partial charge on any atom is -0.468 e. The Bertz CT molecular complexity index is 379. The number of carbonyl (C=O) groups excluding carboxylic acids is 1. The fraction of sp³-hybridized carbons (Fsp3) is 0.545. The number of nitrogens with zero attached hydrogens (tertiary/aromatic N) is 2. The number of rotatable bonds is 5. The second-order valence-electron chi connectivity index (χ2n) is 4.05. The highest BCUT2D eigenvalue weighted by Gasteiger charge is 2.28. The summed E-state index contributed by atoms with van der Waals surface area (Å²) < 4.78 is 4.63. The van der Waals surface area contributed by atoms with E-state index in [1.54, 1.807) is 19.3 Å². The van der Waals surface area contributed by atoms with Crippen LogP contribution in [0, 0.1) is 6.92 Å². The second kappa shape index (κ2) is 5.97. The SMILES string of the molecule is COC(=O)C(C)(N)CCSc1ncc(C)cn1. The molecule has 2 N–H and O–H groups in total. The normalized spacial score (nSPS) is 14.1. The number of aromatic nitrogens is 2. The largest absolute Gasteiger partial charge is 0.468 e. The molecule has 0 aliphatic heterocycles. The molecule has 0 amide bonds. The molecular weight excluding hydrogens is 238 g/mol. The van der Waals surface area contributed by atoms with Gasteiger partial charge in [-0.2, -0.15) is 0 Å². The van der Waals surface area contributed by atoms with E-state index in [0.717, 1.165) is 5.56 Å². The van der Waals surface area contributed by atoms with Crippen LogP contribution < -0.4 is 5.73 Å². The van der Waals surface area contributed by atoms with Crippen LogP contribution >= 0.6 is 11.8 Å². The minimum atomic E-state index is -0.952. The van der Waals surface area contributed by atoms with Crippen molar-refractivity contribution >= 4 is 17.7 Å². The Kier molecular flexibility index (Phi) is 4.89. The number of esters is 1. The molecule has 1 unspecified atom stereocenters. The van der Waals surface area contributed by atoms with E-state index in [0.29, 0.717) is 17.3 Å². The van der Waals surface area contributed by atoms with Crippen molar-refractivity contribution in [1.82, 2.24) is 9.97 Å². The number of hydrogen-bond donors (Lipinski definition) is 1. The maximum absolute atomic E-state index is 11.3. The third kappa shape index (κ3) is 4.32. The minimum absolute atomic E-state index is 0.400. The number of ether oxygens (including phenoxy) is 1. The smallest absolute Gasteiger partial charge is 0.325 e. The Morgan fingerprint density at radius 2 is 2.12 bits per heavy atom. The van der Waals surface area contributed by atoms with Gasteiger partial charge in [0, 0.05) is 18.1 Å². The van der Waals surface area contributed by atoms with Crippen LogP contribution in [0.3, 0.4) is 0 Å². The zero-order valence-corrected chi connectivity index (χ0v) is 11.1. The van der Waals surface area contributed by atoms with Gasteiger partial charge >= 0.3 is 5.97 Å². The van der Waals surface area contributed by atoms with E-state index in [9.17, 15) is 4.79 Å². The molecule has 0 spiro atoms. The zero-order chi connectivity index (χ0) is 12.9. The maximum atomic E-state index is 11.3. The zero-order valence-electron chi connectivity index (χ0n) is 10.3. The van der Waals surface area contributed by atoms with Crippen LogP contribution in [0.25, 0.3) is 0 Å². The summed E-state index contributed by atoms with van der Waals surface area (Å²) in [6.07, 6.45) is 4.04. The van der Waals surface area contributed by atoms with Crippen molar-refractivity contribution in [3.63, 3.8) is 0 Å². The van der Waals surface area contributed by atoms with Gasteiger partial charge in [0.2, 0.25) is 0 Å². The topological polar surface area (TPSA) is 78.1 Å². The quantitative estimate of drug-likeness (QED) is 0.483. The first-order valence-electron chi connectivity index (χ1n) is 5.24. The molecule has 0 aromatic carbocycles. The molecule has 1 rings (SSSR count). The highest BCUT2D eigenvalue weighted by atomic mass is 32.2. The summed E-state index contributed by atoms with van der Waals surface area (Å²) in [4.78, 5) is 19.6. The first kappa shape index (κ1) is 13.9. The summed E-state index contributed by atoms with van der Waals surface area (Å²) >= 11 is 1.47. The lowest BCUT2D eigenvalue weighted by molar-refractivity contribution is -0.146. The van der Waals surface area contributed by atoms with Crippen molar-refractivity contribution in [1.29, 1.82) is 0 Å². The van der Waals surface area contributed by atoms with Gasteiger partial charge in [-0.15, -0.1) is 0 Å². The molecule has 0 aliphatic rings. The van der Waals surface area contributed by atoms with Crippen LogP contribution in [0.4, 0.5) is 0 Å². The average molecular weight is 255 g/mol. The molecule has 5 nitrogen and oxygen atoms in total. The fourth-order valence-electron chi connectivity index (χ4n) is 1.14. The molecule has 0 saturated heterocycles. The molecule has 0 fully saturated rings. The fourth-order valence-corrected chi connectivity index (χ4v) is 2.11. The molecule has 1 heterocycles. The molecule has 1 aromatic heterocycles. The highest BCUT2D eigenvalue weighted by molar-refractivity contribution is 7.99. The summed E-state index contributed by atoms with van der Waals surface area (Å²) in [5.74, 6) is 0.272. The van der Waals surface area contributed by atoms with Gasteiger partial charge in [-0.3, -0.25) is 4.79 Å². The molecule has 0 saturated carbocycles. The van der Waals surface area contributed by atoms with Crippen molar-refractivity contribution in [2.24, 2.45) is 5.73 Å². The van der Waals surface area contributed by atoms with E-state index in [1.165, 1.54) is 18.9 Å². The van der Waals surface area contributed by atoms with Gasteiger partial charge in [-0.05, 0) is 25.8 Å². The van der Waals surface area contributed by atoms with E-state index >= 15 is 0 Å². The number of methoxy groups -OCH3 is 1. The Morgan fingerprint density at radius 1 is 1.53 bits per heavy atom. The predicted molar refractivity (Wildman–Crippen MR) is 66.7 cm³/mol. The van der Waals surface area contributed by atoms with Crippen molar-refractivity contribution in [2.45, 2.75) is 31.0 Å². The standard InChI is InChI=1S/C11H17N3O2S/c1-8-6-13-10(14-7-8)17-5-4-11(2,12)9(15)16-3/h6-7H,4-5,12H2,1-3H3. The Hall–Kier alpha value is -1.14. The van der Waals surface area contributed by atoms with Gasteiger partial charge in [-0.1, -0.05) is 11.8 Å². The van der Waals surface area contributed by atoms with Crippen LogP contribution in [0.15, 0.2) is 17.6 Å². The summed E-state index contributed by atoms with van der Waals surface area (Å²) in [6, 6.07) is 0. The Labute approximate surface area is 105 Å². The lowest BCUT2D eigenvalue weighted by Crippen LogP contribution is -2.46. The van der Waals surface area contributed by atoms with E-state index in [2.05, 4.69) is 14.7 Å². The van der Waals surface area contributed by atoms with Crippen molar-refractivity contribution in [2.75, 3.05) is 12.9 Å². The monoisotopic (exact) mass is 255 g/mol. The summed E-state index contributed by atoms with van der Waals surface area (Å²) in [5.41, 5.74) is 5.90. The van der Waals surface area contributed by atoms with E-state index in [-0.39, 0.29) is 0 Å². The Morgan fingerprint density at radius 3 is 2.65 bits per heavy atom. The maximum Gasteiger partial charge on any atom is 0.325 e. The number of carbonyl (C=O) groups is 1. The van der Waals surface area contributed by atoms with Crippen molar-refractivity contribution in [3.8, 4) is 0 Å². The van der Waals surface area contributed by atoms with Crippen LogP contribution in [0.2, 0.25) is 0 Å². The molecule has 17 heavy (non-hydrogen) atoms. The van der Waals surface area contributed by atoms with E-state index in [4.69, 9.17) is 5.73 Å². The molecule has 0 bridgehead atoms. The lowest BCUT2D eigenvalue weighted by Gasteiger charge is -2.20. The summed E-state index contributed by atoms with van der Waals surface area (Å²) in [5, 5.41) is 0.691. The predicted octanol–water partition coefficient (Wildman–Crippen LogP) is 1.16. The van der Waals surface area contributed by atoms with Crippen LogP contribution in [0.1, 0.15) is 18.9 Å². The molecule has 0 aliphatic carbocycles. The van der Waals surface area contributed by atoms with E-state index < -0.39 is 11.5 Å². The number of hydrogen-bond acceptors (Lipinski definition) is 6. The summed E-state index contributed by atoms with van der Waals surface area (Å²) in [6.45, 7) is 3.60. The van der Waals surface area contributed by atoms with Gasteiger partial charge < -0.3 is 10.5 Å². The number of aryl methyl sites for hydroxylation is 1. The molecule has 0 radical (unpaired) electrons. The van der Waals surface area contributed by atoms with Crippen LogP contribution in [0.5, 0.6) is 0 Å². The average Bonchev–Trinajstić information content (AvgIpc) is 2.30. The highest BCUT2D eigenvalue weighted by Crippen LogP contribution is 2.18. The van der Waals surface area contributed by atoms with Crippen molar-refractivity contribution in [3.05, 3.63) is 18.0 Å². The molecule has 6 heteroatoms. The first-order valence-corrected chi connectivity index (χ1v) is 6.23. The lowest BCUT2D eigenvalue weighted by atomic mass is 10.0. The summed E-state index contributed by atoms with van der Waals surface area (Å²) in [7, 11) is 1.34. The molecule has 1 atom stereocenters. The van der Waals surface area contributed by atoms with Gasteiger partial charge in [-0.25, -0.2) is 9.97 Å². The third-order valence-corrected chi connectivity index (χ3v) is 3.14. The molecule has 1 aromatic rings. The van der Waals surface area contributed by atoms with Gasteiger partial charge in [0.1, 0.15) is 5.54 Å². The van der Waals surface area contributed by atoms with Gasteiger partial charge in [0.25, 0.3) is 0 Å². The third-order valence-electron chi connectivity index (χ3n) is 2.26. The molecule has 94 valence electrons. The Balaban J connectivity index is 2.42. The number of nitrogens with two attached hydrogens (primary N) is 1. The second-order valence-corrected chi connectivity index (χ2v) is 5.11. The van der Waals surface area contributed by atoms with Gasteiger partial charge in [0.15, 0.2) is 5.16 Å². The van der Waals surface area contributed by atoms with Crippen LogP contribution in [-0.2, 0) is 9.53 Å². The van der Waals surface area contributed by atoms with Crippen molar-refractivity contribution < 1.29 is 9.53 Å². The van der Waals surface area contributed by atoms with E-state index in [1.807, 2.05) is 6.92 Å². The number of thioether (sulfide) groups is 1. The first-order chi connectivity index (χ1) is 7.95.